The molecule has 0 radical (unpaired) electrons. The number of hydrogen-bond donors (Lipinski definition) is 0. The Morgan fingerprint density at radius 2 is 1.97 bits per heavy atom. The zero-order chi connectivity index (χ0) is 20.5. The molecule has 3 heterocycles. The van der Waals surface area contributed by atoms with Crippen LogP contribution in [-0.4, -0.2) is 21.7 Å². The average Bonchev–Trinajstić information content (AvgIpc) is 3.41. The van der Waals surface area contributed by atoms with Crippen LogP contribution < -0.4 is 9.47 Å². The average molecular weight is 399 g/mol. The van der Waals surface area contributed by atoms with E-state index in [9.17, 15) is 0 Å². The van der Waals surface area contributed by atoms with Gasteiger partial charge in [-0.05, 0) is 49.2 Å². The largest absolute Gasteiger partial charge is 0.492 e. The van der Waals surface area contributed by atoms with Crippen molar-refractivity contribution < 1.29 is 14.0 Å². The monoisotopic (exact) mass is 399 g/mol. The predicted molar refractivity (Wildman–Crippen MR) is 112 cm³/mol. The number of aryl methyl sites for hydroxylation is 2. The predicted octanol–water partition coefficient (Wildman–Crippen LogP) is 4.85. The number of pyridine rings is 1. The number of aromatic nitrogens is 3. The van der Waals surface area contributed by atoms with Crippen LogP contribution in [0.25, 0.3) is 11.4 Å². The Morgan fingerprint density at radius 3 is 2.83 bits per heavy atom. The van der Waals surface area contributed by atoms with Crippen molar-refractivity contribution in [2.75, 3.05) is 6.61 Å². The van der Waals surface area contributed by atoms with Crippen LogP contribution in [0.15, 0.2) is 65.4 Å². The number of benzene rings is 2. The van der Waals surface area contributed by atoms with Gasteiger partial charge in [-0.25, -0.2) is 0 Å². The van der Waals surface area contributed by atoms with E-state index in [0.29, 0.717) is 24.9 Å². The number of ether oxygens (including phenoxy) is 2. The lowest BCUT2D eigenvalue weighted by Gasteiger charge is -2.07. The second kappa shape index (κ2) is 7.63. The topological polar surface area (TPSA) is 70.3 Å². The summed E-state index contributed by atoms with van der Waals surface area (Å²) in [6.45, 7) is 5.14. The number of rotatable bonds is 5. The van der Waals surface area contributed by atoms with Crippen LogP contribution in [0, 0.1) is 13.8 Å². The first-order valence-electron chi connectivity index (χ1n) is 9.87. The van der Waals surface area contributed by atoms with Gasteiger partial charge in [0.25, 0.3) is 0 Å². The fraction of sp³-hybridized carbons (Fsp3) is 0.208. The molecule has 6 nitrogen and oxygen atoms in total. The summed E-state index contributed by atoms with van der Waals surface area (Å²) in [6.07, 6.45) is 3.54. The van der Waals surface area contributed by atoms with Gasteiger partial charge < -0.3 is 14.0 Å². The van der Waals surface area contributed by atoms with Crippen molar-refractivity contribution in [2.24, 2.45) is 0 Å². The first kappa shape index (κ1) is 18.4. The standard InChI is InChI=1S/C24H21N3O3/c1-15-9-20-21(14-29-22(20)10-16(15)2)24-26-23(27-30-24)18-6-3-7-19(11-18)28-13-17-5-4-8-25-12-17/h3-12,21H,13-14H2,1-2H3. The van der Waals surface area contributed by atoms with Crippen LogP contribution >= 0.6 is 0 Å². The van der Waals surface area contributed by atoms with Crippen LogP contribution in [0.3, 0.4) is 0 Å². The Kier molecular flexibility index (Phi) is 4.67. The van der Waals surface area contributed by atoms with Gasteiger partial charge >= 0.3 is 0 Å². The highest BCUT2D eigenvalue weighted by atomic mass is 16.5. The number of nitrogens with zero attached hydrogens (tertiary/aromatic N) is 3. The van der Waals surface area contributed by atoms with Gasteiger partial charge in [0.15, 0.2) is 0 Å². The Hall–Kier alpha value is -3.67. The molecule has 30 heavy (non-hydrogen) atoms. The third kappa shape index (κ3) is 3.52. The van der Waals surface area contributed by atoms with Gasteiger partial charge in [-0.15, -0.1) is 0 Å². The molecule has 5 rings (SSSR count). The van der Waals surface area contributed by atoms with Gasteiger partial charge in [-0.2, -0.15) is 4.98 Å². The second-order valence-corrected chi connectivity index (χ2v) is 7.47. The molecule has 0 aliphatic carbocycles. The van der Waals surface area contributed by atoms with E-state index in [4.69, 9.17) is 14.0 Å². The van der Waals surface area contributed by atoms with Crippen LogP contribution in [-0.2, 0) is 6.61 Å². The zero-order valence-electron chi connectivity index (χ0n) is 16.8. The van der Waals surface area contributed by atoms with Gasteiger partial charge in [-0.1, -0.05) is 29.4 Å². The van der Waals surface area contributed by atoms with Crippen LogP contribution in [0.4, 0.5) is 0 Å². The van der Waals surface area contributed by atoms with Gasteiger partial charge in [0, 0.05) is 29.1 Å². The third-order valence-corrected chi connectivity index (χ3v) is 5.37. The molecule has 0 N–H and O–H groups in total. The normalized spacial score (nSPS) is 14.9. The molecule has 0 amide bonds. The van der Waals surface area contributed by atoms with Crippen LogP contribution in [0.2, 0.25) is 0 Å². The molecular formula is C24H21N3O3. The molecule has 0 saturated carbocycles. The molecule has 0 fully saturated rings. The van der Waals surface area contributed by atoms with E-state index >= 15 is 0 Å². The summed E-state index contributed by atoms with van der Waals surface area (Å²) in [5.74, 6) is 2.69. The van der Waals surface area contributed by atoms with E-state index in [1.165, 1.54) is 11.1 Å². The van der Waals surface area contributed by atoms with Gasteiger partial charge in [0.05, 0.1) is 0 Å². The maximum atomic E-state index is 5.89. The van der Waals surface area contributed by atoms with Crippen molar-refractivity contribution in [3.05, 3.63) is 89.1 Å². The Balaban J connectivity index is 1.36. The molecule has 1 atom stereocenters. The Labute approximate surface area is 174 Å². The molecular weight excluding hydrogens is 378 g/mol. The van der Waals surface area contributed by atoms with E-state index in [-0.39, 0.29) is 5.92 Å². The summed E-state index contributed by atoms with van der Waals surface area (Å²) in [5, 5.41) is 4.20. The van der Waals surface area contributed by atoms with Crippen molar-refractivity contribution in [3.63, 3.8) is 0 Å². The molecule has 1 aliphatic rings. The summed E-state index contributed by atoms with van der Waals surface area (Å²) >= 11 is 0. The summed E-state index contributed by atoms with van der Waals surface area (Å²) in [6, 6.07) is 15.8. The molecule has 1 aliphatic heterocycles. The third-order valence-electron chi connectivity index (χ3n) is 5.37. The molecule has 2 aromatic heterocycles. The SMILES string of the molecule is Cc1cc2c(cc1C)C(c1nc(-c3cccc(OCc4cccnc4)c3)no1)CO2. The Morgan fingerprint density at radius 1 is 1.07 bits per heavy atom. The van der Waals surface area contributed by atoms with E-state index < -0.39 is 0 Å². The quantitative estimate of drug-likeness (QED) is 0.478. The first-order valence-corrected chi connectivity index (χ1v) is 9.87. The number of hydrogen-bond acceptors (Lipinski definition) is 6. The van der Waals surface area contributed by atoms with Gasteiger partial charge in [0.2, 0.25) is 11.7 Å². The van der Waals surface area contributed by atoms with Crippen molar-refractivity contribution in [1.82, 2.24) is 15.1 Å². The highest BCUT2D eigenvalue weighted by Gasteiger charge is 2.31. The highest BCUT2D eigenvalue weighted by molar-refractivity contribution is 5.57. The molecule has 0 spiro atoms. The summed E-state index contributed by atoms with van der Waals surface area (Å²) in [5.41, 5.74) is 5.39. The van der Waals surface area contributed by atoms with Crippen LogP contribution in [0.1, 0.15) is 34.1 Å². The maximum Gasteiger partial charge on any atom is 0.238 e. The fourth-order valence-corrected chi connectivity index (χ4v) is 3.55. The van der Waals surface area contributed by atoms with E-state index in [1.807, 2.05) is 36.4 Å². The summed E-state index contributed by atoms with van der Waals surface area (Å²) in [4.78, 5) is 8.76. The molecule has 6 heteroatoms. The Bertz CT molecular complexity index is 1190. The van der Waals surface area contributed by atoms with Crippen molar-refractivity contribution in [2.45, 2.75) is 26.4 Å². The zero-order valence-corrected chi connectivity index (χ0v) is 16.8. The van der Waals surface area contributed by atoms with E-state index in [0.717, 1.165) is 28.2 Å². The summed E-state index contributed by atoms with van der Waals surface area (Å²) < 4.78 is 17.4. The molecule has 2 aromatic carbocycles. The van der Waals surface area contributed by atoms with E-state index in [2.05, 4.69) is 41.1 Å². The minimum atomic E-state index is -0.0504. The minimum Gasteiger partial charge on any atom is -0.492 e. The number of fused-ring (bicyclic) bond motifs is 1. The highest BCUT2D eigenvalue weighted by Crippen LogP contribution is 2.39. The lowest BCUT2D eigenvalue weighted by Crippen LogP contribution is -2.03. The lowest BCUT2D eigenvalue weighted by molar-refractivity contribution is 0.305. The van der Waals surface area contributed by atoms with Gasteiger partial charge in [-0.3, -0.25) is 4.98 Å². The van der Waals surface area contributed by atoms with Crippen molar-refractivity contribution in [1.29, 1.82) is 0 Å². The second-order valence-electron chi connectivity index (χ2n) is 7.47. The fourth-order valence-electron chi connectivity index (χ4n) is 3.55. The minimum absolute atomic E-state index is 0.0504. The molecule has 1 unspecified atom stereocenters. The smallest absolute Gasteiger partial charge is 0.238 e. The van der Waals surface area contributed by atoms with Crippen molar-refractivity contribution >= 4 is 0 Å². The summed E-state index contributed by atoms with van der Waals surface area (Å²) in [7, 11) is 0. The molecule has 0 bridgehead atoms. The molecule has 150 valence electrons. The van der Waals surface area contributed by atoms with Crippen LogP contribution in [0.5, 0.6) is 11.5 Å². The van der Waals surface area contributed by atoms with Gasteiger partial charge in [0.1, 0.15) is 30.6 Å². The van der Waals surface area contributed by atoms with E-state index in [1.54, 1.807) is 12.4 Å². The first-order chi connectivity index (χ1) is 14.7. The lowest BCUT2D eigenvalue weighted by atomic mass is 9.97. The molecule has 0 saturated heterocycles. The van der Waals surface area contributed by atoms with Crippen molar-refractivity contribution in [3.8, 4) is 22.9 Å². The maximum absolute atomic E-state index is 5.89. The molecule has 4 aromatic rings.